The average Bonchev–Trinajstić information content (AvgIpc) is 2.80. The second-order valence-corrected chi connectivity index (χ2v) is 8.16. The zero-order valence-corrected chi connectivity index (χ0v) is 19.2. The number of halogens is 1. The van der Waals surface area contributed by atoms with Crippen molar-refractivity contribution in [3.8, 4) is 17.1 Å². The van der Waals surface area contributed by atoms with Gasteiger partial charge in [0, 0.05) is 5.56 Å². The molecule has 4 heteroatoms. The Morgan fingerprint density at radius 2 is 1.75 bits per heavy atom. The molecule has 32 heavy (non-hydrogen) atoms. The fourth-order valence-electron chi connectivity index (χ4n) is 3.79. The van der Waals surface area contributed by atoms with Gasteiger partial charge in [0.15, 0.2) is 11.6 Å². The molecule has 3 nitrogen and oxygen atoms in total. The van der Waals surface area contributed by atoms with Crippen molar-refractivity contribution in [1.29, 1.82) is 0 Å². The van der Waals surface area contributed by atoms with Crippen LogP contribution in [-0.2, 0) is 6.42 Å². The molecular formula is C28H33FO3. The molecule has 3 aromatic rings. The monoisotopic (exact) mass is 436 g/mol. The molecule has 0 aliphatic rings. The van der Waals surface area contributed by atoms with E-state index in [9.17, 15) is 9.18 Å². The fraction of sp³-hybridized carbons (Fsp3) is 0.393. The van der Waals surface area contributed by atoms with Crippen molar-refractivity contribution in [2.75, 3.05) is 6.61 Å². The Morgan fingerprint density at radius 3 is 2.50 bits per heavy atom. The summed E-state index contributed by atoms with van der Waals surface area (Å²) >= 11 is 0. The van der Waals surface area contributed by atoms with Crippen molar-refractivity contribution < 1.29 is 13.5 Å². The van der Waals surface area contributed by atoms with E-state index in [4.69, 9.17) is 9.15 Å². The second-order valence-electron chi connectivity index (χ2n) is 8.16. The molecule has 3 rings (SSSR count). The summed E-state index contributed by atoms with van der Waals surface area (Å²) in [5.41, 5.74) is 1.33. The van der Waals surface area contributed by atoms with Gasteiger partial charge in [0.25, 0.3) is 0 Å². The number of fused-ring (bicyclic) bond motifs is 1. The largest absolute Gasteiger partial charge is 0.490 e. The summed E-state index contributed by atoms with van der Waals surface area (Å²) in [4.78, 5) is 12.6. The van der Waals surface area contributed by atoms with Crippen LogP contribution in [0.5, 0.6) is 5.75 Å². The third-order valence-electron chi connectivity index (χ3n) is 5.66. The number of ether oxygens (including phenoxy) is 1. The summed E-state index contributed by atoms with van der Waals surface area (Å²) in [7, 11) is 0. The molecule has 0 N–H and O–H groups in total. The number of hydrogen-bond acceptors (Lipinski definition) is 3. The van der Waals surface area contributed by atoms with Gasteiger partial charge in [-0.3, -0.25) is 0 Å². The van der Waals surface area contributed by atoms with E-state index in [0.29, 0.717) is 17.8 Å². The maximum atomic E-state index is 14.9. The first-order valence-corrected chi connectivity index (χ1v) is 11.7. The Labute approximate surface area is 189 Å². The topological polar surface area (TPSA) is 39.4 Å². The highest BCUT2D eigenvalue weighted by Crippen LogP contribution is 2.28. The molecule has 0 unspecified atom stereocenters. The van der Waals surface area contributed by atoms with E-state index in [1.165, 1.54) is 31.2 Å². The minimum absolute atomic E-state index is 0.0582. The highest BCUT2D eigenvalue weighted by atomic mass is 19.1. The molecule has 1 heterocycles. The maximum absolute atomic E-state index is 14.9. The lowest BCUT2D eigenvalue weighted by Crippen LogP contribution is -2.06. The molecule has 0 aliphatic carbocycles. The van der Waals surface area contributed by atoms with Crippen LogP contribution < -0.4 is 10.4 Å². The maximum Gasteiger partial charge on any atom is 0.347 e. The normalized spacial score (nSPS) is 11.5. The highest BCUT2D eigenvalue weighted by Gasteiger charge is 2.15. The van der Waals surface area contributed by atoms with Gasteiger partial charge < -0.3 is 9.15 Å². The summed E-state index contributed by atoms with van der Waals surface area (Å²) in [6.45, 7) is 4.64. The summed E-state index contributed by atoms with van der Waals surface area (Å²) in [6.07, 6.45) is 12.9. The molecule has 0 amide bonds. The van der Waals surface area contributed by atoms with Gasteiger partial charge >= 0.3 is 5.63 Å². The van der Waals surface area contributed by atoms with Crippen molar-refractivity contribution in [3.63, 3.8) is 0 Å². The molecule has 170 valence electrons. The quantitative estimate of drug-likeness (QED) is 0.214. The molecule has 0 aliphatic heterocycles. The Bertz CT molecular complexity index is 1080. The third kappa shape index (κ3) is 6.32. The Morgan fingerprint density at radius 1 is 1.00 bits per heavy atom. The molecule has 1 aromatic heterocycles. The van der Waals surface area contributed by atoms with Crippen LogP contribution in [0, 0.1) is 5.82 Å². The SMILES string of the molecule is C/C=C/CCc1ccc(-c2cc3ccc(OCCCCCCCC)c(F)c3c(=O)o2)cc1. The van der Waals surface area contributed by atoms with E-state index >= 15 is 0 Å². The second kappa shape index (κ2) is 12.2. The van der Waals surface area contributed by atoms with Crippen LogP contribution in [0.2, 0.25) is 0 Å². The van der Waals surface area contributed by atoms with Gasteiger partial charge in [-0.25, -0.2) is 9.18 Å². The van der Waals surface area contributed by atoms with Crippen LogP contribution in [0.15, 0.2) is 63.8 Å². The molecule has 0 spiro atoms. The van der Waals surface area contributed by atoms with Crippen LogP contribution in [-0.4, -0.2) is 6.61 Å². The van der Waals surface area contributed by atoms with E-state index < -0.39 is 11.4 Å². The van der Waals surface area contributed by atoms with Crippen LogP contribution in [0.25, 0.3) is 22.1 Å². The lowest BCUT2D eigenvalue weighted by atomic mass is 10.0. The summed E-state index contributed by atoms with van der Waals surface area (Å²) in [5, 5.41) is 0.454. The first kappa shape index (κ1) is 23.8. The zero-order chi connectivity index (χ0) is 22.8. The lowest BCUT2D eigenvalue weighted by molar-refractivity contribution is 0.291. The van der Waals surface area contributed by atoms with Gasteiger partial charge in [-0.15, -0.1) is 0 Å². The Hall–Kier alpha value is -2.88. The smallest absolute Gasteiger partial charge is 0.347 e. The van der Waals surface area contributed by atoms with E-state index in [1.54, 1.807) is 18.2 Å². The van der Waals surface area contributed by atoms with E-state index in [1.807, 2.05) is 37.3 Å². The van der Waals surface area contributed by atoms with Gasteiger partial charge in [-0.2, -0.15) is 0 Å². The van der Waals surface area contributed by atoms with Crippen molar-refractivity contribution in [2.24, 2.45) is 0 Å². The standard InChI is InChI=1S/C28H33FO3/c1-3-5-7-8-9-11-19-31-24-18-17-23-20-25(32-28(30)26(23)27(24)29)22-15-13-21(14-16-22)12-10-6-4-2/h4,6,13-18,20H,3,5,7-12,19H2,1-2H3/b6-4+. The predicted molar refractivity (Wildman–Crippen MR) is 130 cm³/mol. The van der Waals surface area contributed by atoms with Gasteiger partial charge in [0.2, 0.25) is 0 Å². The lowest BCUT2D eigenvalue weighted by Gasteiger charge is -2.10. The van der Waals surface area contributed by atoms with Gasteiger partial charge in [-0.05, 0) is 49.3 Å². The van der Waals surface area contributed by atoms with Gasteiger partial charge in [0.05, 0.1) is 6.61 Å². The minimum Gasteiger partial charge on any atom is -0.490 e. The molecule has 0 fully saturated rings. The summed E-state index contributed by atoms with van der Waals surface area (Å²) in [6, 6.07) is 13.0. The number of unbranched alkanes of at least 4 members (excludes halogenated alkanes) is 5. The number of allylic oxidation sites excluding steroid dienone is 2. The number of benzene rings is 2. The summed E-state index contributed by atoms with van der Waals surface area (Å²) < 4.78 is 26.0. The molecule has 0 radical (unpaired) electrons. The van der Waals surface area contributed by atoms with E-state index in [-0.39, 0.29) is 11.1 Å². The number of hydrogen-bond donors (Lipinski definition) is 0. The molecule has 0 saturated heterocycles. The first-order chi connectivity index (χ1) is 15.6. The average molecular weight is 437 g/mol. The third-order valence-corrected chi connectivity index (χ3v) is 5.66. The zero-order valence-electron chi connectivity index (χ0n) is 19.2. The first-order valence-electron chi connectivity index (χ1n) is 11.7. The van der Waals surface area contributed by atoms with Crippen molar-refractivity contribution in [1.82, 2.24) is 0 Å². The number of rotatable bonds is 12. The van der Waals surface area contributed by atoms with Crippen LogP contribution in [0.4, 0.5) is 4.39 Å². The summed E-state index contributed by atoms with van der Waals surface area (Å²) in [5.74, 6) is -0.104. The fourth-order valence-corrected chi connectivity index (χ4v) is 3.79. The number of aryl methyl sites for hydroxylation is 1. The van der Waals surface area contributed by atoms with Crippen molar-refractivity contribution >= 4 is 10.8 Å². The van der Waals surface area contributed by atoms with E-state index in [0.717, 1.165) is 31.2 Å². The van der Waals surface area contributed by atoms with Crippen molar-refractivity contribution in [3.05, 3.63) is 76.4 Å². The van der Waals surface area contributed by atoms with Crippen LogP contribution in [0.1, 0.15) is 64.4 Å². The highest BCUT2D eigenvalue weighted by molar-refractivity contribution is 5.86. The Balaban J connectivity index is 1.70. The van der Waals surface area contributed by atoms with Gasteiger partial charge in [0.1, 0.15) is 11.1 Å². The Kier molecular flexibility index (Phi) is 9.09. The predicted octanol–water partition coefficient (Wildman–Crippen LogP) is 7.85. The van der Waals surface area contributed by atoms with E-state index in [2.05, 4.69) is 13.0 Å². The van der Waals surface area contributed by atoms with Crippen LogP contribution in [0.3, 0.4) is 0 Å². The molecule has 0 bridgehead atoms. The molecule has 0 atom stereocenters. The van der Waals surface area contributed by atoms with Crippen molar-refractivity contribution in [2.45, 2.75) is 65.2 Å². The van der Waals surface area contributed by atoms with Gasteiger partial charge in [-0.1, -0.05) is 81.5 Å². The molecule has 0 saturated carbocycles. The van der Waals surface area contributed by atoms with Crippen LogP contribution >= 0.6 is 0 Å². The molecule has 2 aromatic carbocycles. The minimum atomic E-state index is -0.683. The molecular weight excluding hydrogens is 403 g/mol.